The lowest BCUT2D eigenvalue weighted by Gasteiger charge is -2.22. The quantitative estimate of drug-likeness (QED) is 0.632. The van der Waals surface area contributed by atoms with Gasteiger partial charge in [0.15, 0.2) is 0 Å². The zero-order valence-corrected chi connectivity index (χ0v) is 9.18. The summed E-state index contributed by atoms with van der Waals surface area (Å²) < 4.78 is 5.26. The van der Waals surface area contributed by atoms with Crippen molar-refractivity contribution in [2.45, 2.75) is 51.1 Å². The molecule has 1 saturated carbocycles. The van der Waals surface area contributed by atoms with Gasteiger partial charge in [-0.15, -0.1) is 0 Å². The van der Waals surface area contributed by atoms with Crippen molar-refractivity contribution in [2.75, 3.05) is 13.2 Å². The third-order valence-corrected chi connectivity index (χ3v) is 2.52. The molecule has 80 valence electrons. The van der Waals surface area contributed by atoms with Gasteiger partial charge in [0, 0.05) is 19.3 Å². The van der Waals surface area contributed by atoms with E-state index in [2.05, 4.69) is 11.4 Å². The maximum absolute atomic E-state index is 9.07. The molecule has 1 rings (SSSR count). The number of nitriles is 1. The van der Waals surface area contributed by atoms with Crippen LogP contribution >= 0.6 is 0 Å². The van der Waals surface area contributed by atoms with Crippen LogP contribution in [0, 0.1) is 11.3 Å². The van der Waals surface area contributed by atoms with E-state index in [9.17, 15) is 0 Å². The van der Waals surface area contributed by atoms with Crippen molar-refractivity contribution in [3.63, 3.8) is 0 Å². The molecule has 0 radical (unpaired) electrons. The number of hydrogen-bond donors (Lipinski definition) is 1. The molecule has 0 heterocycles. The molecule has 0 aromatic heterocycles. The largest absolute Gasteiger partial charge is 0.382 e. The van der Waals surface area contributed by atoms with Crippen LogP contribution in [-0.2, 0) is 4.74 Å². The smallest absolute Gasteiger partial charge is 0.104 e. The van der Waals surface area contributed by atoms with Gasteiger partial charge < -0.3 is 4.74 Å². The van der Waals surface area contributed by atoms with Crippen molar-refractivity contribution < 1.29 is 4.74 Å². The number of nitrogens with one attached hydrogen (secondary N) is 1. The van der Waals surface area contributed by atoms with Crippen molar-refractivity contribution in [3.05, 3.63) is 0 Å². The molecule has 1 aliphatic rings. The van der Waals surface area contributed by atoms with Crippen molar-refractivity contribution in [2.24, 2.45) is 0 Å². The number of rotatable bonds is 7. The van der Waals surface area contributed by atoms with Crippen LogP contribution in [0.2, 0.25) is 0 Å². The van der Waals surface area contributed by atoms with Crippen LogP contribution in [0.4, 0.5) is 0 Å². The summed E-state index contributed by atoms with van der Waals surface area (Å²) in [5.41, 5.74) is -0.349. The van der Waals surface area contributed by atoms with Crippen LogP contribution in [0.1, 0.15) is 39.5 Å². The molecule has 1 unspecified atom stereocenters. The fourth-order valence-electron chi connectivity index (χ4n) is 1.51. The molecule has 0 spiro atoms. The molecule has 1 N–H and O–H groups in total. The molecule has 3 nitrogen and oxygen atoms in total. The van der Waals surface area contributed by atoms with Gasteiger partial charge in [0.1, 0.15) is 5.54 Å². The minimum absolute atomic E-state index is 0.349. The van der Waals surface area contributed by atoms with Crippen LogP contribution in [0.5, 0.6) is 0 Å². The van der Waals surface area contributed by atoms with E-state index < -0.39 is 0 Å². The van der Waals surface area contributed by atoms with Gasteiger partial charge in [-0.1, -0.05) is 0 Å². The Balaban J connectivity index is 2.18. The van der Waals surface area contributed by atoms with E-state index in [-0.39, 0.29) is 5.54 Å². The van der Waals surface area contributed by atoms with E-state index in [1.165, 1.54) is 12.8 Å². The van der Waals surface area contributed by atoms with Gasteiger partial charge >= 0.3 is 0 Å². The van der Waals surface area contributed by atoms with Gasteiger partial charge in [-0.05, 0) is 39.5 Å². The normalized spacial score (nSPS) is 20.1. The molecule has 0 amide bonds. The minimum Gasteiger partial charge on any atom is -0.382 e. The molecule has 0 aromatic carbocycles. The van der Waals surface area contributed by atoms with Crippen molar-refractivity contribution in [1.82, 2.24) is 5.32 Å². The van der Waals surface area contributed by atoms with Crippen LogP contribution in [0.15, 0.2) is 0 Å². The van der Waals surface area contributed by atoms with E-state index >= 15 is 0 Å². The Morgan fingerprint density at radius 3 is 2.79 bits per heavy atom. The molecule has 1 aliphatic carbocycles. The van der Waals surface area contributed by atoms with E-state index in [0.29, 0.717) is 6.04 Å². The standard InChI is InChI=1S/C11H20N2O/c1-3-14-8-4-7-11(2,9-12)13-10-5-6-10/h10,13H,3-8H2,1-2H3. The number of hydrogen-bond acceptors (Lipinski definition) is 3. The zero-order chi connectivity index (χ0) is 10.4. The van der Waals surface area contributed by atoms with Gasteiger partial charge in [0.25, 0.3) is 0 Å². The van der Waals surface area contributed by atoms with E-state index in [0.717, 1.165) is 26.1 Å². The van der Waals surface area contributed by atoms with E-state index in [4.69, 9.17) is 10.00 Å². The predicted octanol–water partition coefficient (Wildman–Crippen LogP) is 1.84. The maximum atomic E-state index is 9.07. The summed E-state index contributed by atoms with van der Waals surface area (Å²) in [6, 6.07) is 2.95. The Kier molecular flexibility index (Phi) is 4.37. The van der Waals surface area contributed by atoms with E-state index in [1.54, 1.807) is 0 Å². The van der Waals surface area contributed by atoms with E-state index in [1.807, 2.05) is 13.8 Å². The first-order chi connectivity index (χ1) is 6.70. The van der Waals surface area contributed by atoms with Gasteiger partial charge in [-0.3, -0.25) is 5.32 Å². The number of ether oxygens (including phenoxy) is 1. The Morgan fingerprint density at radius 1 is 1.57 bits per heavy atom. The Labute approximate surface area is 86.4 Å². The highest BCUT2D eigenvalue weighted by Crippen LogP contribution is 2.24. The molecule has 1 fully saturated rings. The Morgan fingerprint density at radius 2 is 2.29 bits per heavy atom. The van der Waals surface area contributed by atoms with Crippen molar-refractivity contribution in [1.29, 1.82) is 5.26 Å². The van der Waals surface area contributed by atoms with Crippen LogP contribution in [-0.4, -0.2) is 24.8 Å². The lowest BCUT2D eigenvalue weighted by Crippen LogP contribution is -2.42. The Bertz CT molecular complexity index is 208. The van der Waals surface area contributed by atoms with Crippen LogP contribution < -0.4 is 5.32 Å². The lowest BCUT2D eigenvalue weighted by molar-refractivity contribution is 0.138. The second kappa shape index (κ2) is 5.33. The summed E-state index contributed by atoms with van der Waals surface area (Å²) in [5.74, 6) is 0. The van der Waals surface area contributed by atoms with Gasteiger partial charge in [0.2, 0.25) is 0 Å². The van der Waals surface area contributed by atoms with Crippen LogP contribution in [0.3, 0.4) is 0 Å². The lowest BCUT2D eigenvalue weighted by atomic mass is 9.98. The highest BCUT2D eigenvalue weighted by Gasteiger charge is 2.31. The third kappa shape index (κ3) is 4.08. The molecular formula is C11H20N2O. The second-order valence-electron chi connectivity index (χ2n) is 4.16. The van der Waals surface area contributed by atoms with Crippen molar-refractivity contribution >= 4 is 0 Å². The first-order valence-electron chi connectivity index (χ1n) is 5.47. The first kappa shape index (κ1) is 11.5. The molecule has 0 saturated heterocycles. The SMILES string of the molecule is CCOCCCC(C)(C#N)NC1CC1. The molecule has 0 aliphatic heterocycles. The fourth-order valence-corrected chi connectivity index (χ4v) is 1.51. The number of nitrogens with zero attached hydrogens (tertiary/aromatic N) is 1. The third-order valence-electron chi connectivity index (χ3n) is 2.52. The Hall–Kier alpha value is -0.590. The highest BCUT2D eigenvalue weighted by atomic mass is 16.5. The monoisotopic (exact) mass is 196 g/mol. The highest BCUT2D eigenvalue weighted by molar-refractivity contribution is 5.06. The minimum atomic E-state index is -0.349. The zero-order valence-electron chi connectivity index (χ0n) is 9.18. The second-order valence-corrected chi connectivity index (χ2v) is 4.16. The molecule has 0 aromatic rings. The fraction of sp³-hybridized carbons (Fsp3) is 0.909. The summed E-state index contributed by atoms with van der Waals surface area (Å²) in [6.07, 6.45) is 4.28. The first-order valence-corrected chi connectivity index (χ1v) is 5.47. The molecule has 1 atom stereocenters. The molecule has 3 heteroatoms. The summed E-state index contributed by atoms with van der Waals surface area (Å²) in [4.78, 5) is 0. The summed E-state index contributed by atoms with van der Waals surface area (Å²) in [7, 11) is 0. The van der Waals surface area contributed by atoms with Gasteiger partial charge in [0.05, 0.1) is 6.07 Å². The molecular weight excluding hydrogens is 176 g/mol. The summed E-state index contributed by atoms with van der Waals surface area (Å²) in [5, 5.41) is 12.4. The maximum Gasteiger partial charge on any atom is 0.104 e. The average molecular weight is 196 g/mol. The summed E-state index contributed by atoms with van der Waals surface area (Å²) >= 11 is 0. The van der Waals surface area contributed by atoms with Crippen LogP contribution in [0.25, 0.3) is 0 Å². The van der Waals surface area contributed by atoms with Gasteiger partial charge in [-0.25, -0.2) is 0 Å². The average Bonchev–Trinajstić information content (AvgIpc) is 2.96. The molecule has 0 bridgehead atoms. The molecule has 14 heavy (non-hydrogen) atoms. The topological polar surface area (TPSA) is 45.0 Å². The van der Waals surface area contributed by atoms with Crippen molar-refractivity contribution in [3.8, 4) is 6.07 Å². The van der Waals surface area contributed by atoms with Gasteiger partial charge in [-0.2, -0.15) is 5.26 Å². The predicted molar refractivity (Wildman–Crippen MR) is 55.9 cm³/mol. The summed E-state index contributed by atoms with van der Waals surface area (Å²) in [6.45, 7) is 5.50.